The Bertz CT molecular complexity index is 554. The number of benzene rings is 1. The number of hydrogen-bond donors (Lipinski definition) is 2. The molecule has 1 aromatic heterocycles. The van der Waals surface area contributed by atoms with Crippen molar-refractivity contribution in [2.24, 2.45) is 11.7 Å². The van der Waals surface area contributed by atoms with E-state index in [9.17, 15) is 0 Å². The van der Waals surface area contributed by atoms with Crippen molar-refractivity contribution in [2.75, 3.05) is 6.54 Å². The van der Waals surface area contributed by atoms with Crippen molar-refractivity contribution < 1.29 is 0 Å². The molecule has 1 fully saturated rings. The van der Waals surface area contributed by atoms with Crippen LogP contribution in [0, 0.1) is 5.92 Å². The van der Waals surface area contributed by atoms with E-state index in [-0.39, 0.29) is 0 Å². The van der Waals surface area contributed by atoms with Crippen molar-refractivity contribution in [3.63, 3.8) is 0 Å². The average Bonchev–Trinajstić information content (AvgIpc) is 2.49. The van der Waals surface area contributed by atoms with Crippen molar-refractivity contribution in [1.29, 1.82) is 0 Å². The number of hydrogen-bond acceptors (Lipinski definition) is 3. The van der Waals surface area contributed by atoms with Gasteiger partial charge in [-0.1, -0.05) is 18.2 Å². The number of nitrogens with zero attached hydrogens (tertiary/aromatic N) is 1. The van der Waals surface area contributed by atoms with E-state index in [4.69, 9.17) is 5.73 Å². The van der Waals surface area contributed by atoms with E-state index < -0.39 is 0 Å². The molecule has 0 radical (unpaired) electrons. The van der Waals surface area contributed by atoms with E-state index >= 15 is 0 Å². The zero-order chi connectivity index (χ0) is 13.8. The van der Waals surface area contributed by atoms with Gasteiger partial charge < -0.3 is 11.1 Å². The molecule has 0 amide bonds. The molecule has 1 aliphatic carbocycles. The van der Waals surface area contributed by atoms with Crippen LogP contribution < -0.4 is 11.1 Å². The SMILES string of the molecule is NC1CCC(CNCc2ccnc3ccccc23)CC1. The van der Waals surface area contributed by atoms with E-state index in [1.165, 1.54) is 36.6 Å². The highest BCUT2D eigenvalue weighted by Crippen LogP contribution is 2.22. The van der Waals surface area contributed by atoms with Crippen LogP contribution in [-0.2, 0) is 6.54 Å². The summed E-state index contributed by atoms with van der Waals surface area (Å²) < 4.78 is 0. The van der Waals surface area contributed by atoms with Gasteiger partial charge in [0.1, 0.15) is 0 Å². The maximum Gasteiger partial charge on any atom is 0.0705 e. The predicted octanol–water partition coefficient (Wildman–Crippen LogP) is 2.84. The second-order valence-corrected chi connectivity index (χ2v) is 5.90. The molecule has 0 bridgehead atoms. The van der Waals surface area contributed by atoms with E-state index in [2.05, 4.69) is 34.6 Å². The standard InChI is InChI=1S/C17H23N3/c18-15-7-5-13(6-8-15)11-19-12-14-9-10-20-17-4-2-1-3-16(14)17/h1-4,9-10,13,15,19H,5-8,11-12,18H2. The monoisotopic (exact) mass is 269 g/mol. The molecule has 3 N–H and O–H groups in total. The number of nitrogens with two attached hydrogens (primary N) is 1. The van der Waals surface area contributed by atoms with Crippen molar-refractivity contribution in [3.8, 4) is 0 Å². The number of fused-ring (bicyclic) bond motifs is 1. The number of para-hydroxylation sites is 1. The Morgan fingerprint density at radius 3 is 2.75 bits per heavy atom. The van der Waals surface area contributed by atoms with Crippen LogP contribution in [0.3, 0.4) is 0 Å². The molecule has 106 valence electrons. The van der Waals surface area contributed by atoms with Crippen molar-refractivity contribution in [1.82, 2.24) is 10.3 Å². The van der Waals surface area contributed by atoms with Gasteiger partial charge in [-0.15, -0.1) is 0 Å². The molecule has 0 unspecified atom stereocenters. The summed E-state index contributed by atoms with van der Waals surface area (Å²) in [4.78, 5) is 4.41. The minimum Gasteiger partial charge on any atom is -0.328 e. The summed E-state index contributed by atoms with van der Waals surface area (Å²) in [5.41, 5.74) is 8.37. The van der Waals surface area contributed by atoms with Crippen LogP contribution in [-0.4, -0.2) is 17.6 Å². The Hall–Kier alpha value is -1.45. The summed E-state index contributed by atoms with van der Waals surface area (Å²) in [5.74, 6) is 0.794. The molecule has 3 nitrogen and oxygen atoms in total. The van der Waals surface area contributed by atoms with Crippen molar-refractivity contribution >= 4 is 10.9 Å². The van der Waals surface area contributed by atoms with Crippen LogP contribution in [0.4, 0.5) is 0 Å². The van der Waals surface area contributed by atoms with Gasteiger partial charge >= 0.3 is 0 Å². The first-order chi connectivity index (χ1) is 9.83. The van der Waals surface area contributed by atoms with Gasteiger partial charge in [0.25, 0.3) is 0 Å². The molecule has 0 aliphatic heterocycles. The molecule has 2 aromatic rings. The molecular weight excluding hydrogens is 246 g/mol. The van der Waals surface area contributed by atoms with Gasteiger partial charge in [0.05, 0.1) is 5.52 Å². The summed E-state index contributed by atoms with van der Waals surface area (Å²) in [6.07, 6.45) is 6.81. The lowest BCUT2D eigenvalue weighted by molar-refractivity contribution is 0.314. The van der Waals surface area contributed by atoms with Crippen LogP contribution in [0.2, 0.25) is 0 Å². The first-order valence-electron chi connectivity index (χ1n) is 7.62. The normalized spacial score (nSPS) is 23.1. The molecular formula is C17H23N3. The maximum atomic E-state index is 5.95. The highest BCUT2D eigenvalue weighted by Gasteiger charge is 2.17. The smallest absolute Gasteiger partial charge is 0.0705 e. The Labute approximate surface area is 120 Å². The molecule has 1 heterocycles. The molecule has 1 aromatic carbocycles. The van der Waals surface area contributed by atoms with Gasteiger partial charge in [0, 0.05) is 24.2 Å². The van der Waals surface area contributed by atoms with Gasteiger partial charge in [-0.25, -0.2) is 0 Å². The van der Waals surface area contributed by atoms with Crippen molar-refractivity contribution in [3.05, 3.63) is 42.1 Å². The zero-order valence-electron chi connectivity index (χ0n) is 11.9. The fourth-order valence-electron chi connectivity index (χ4n) is 3.11. The third-order valence-electron chi connectivity index (χ3n) is 4.38. The maximum absolute atomic E-state index is 5.95. The summed E-state index contributed by atoms with van der Waals surface area (Å²) in [5, 5.41) is 4.87. The van der Waals surface area contributed by atoms with E-state index in [1.54, 1.807) is 0 Å². The summed E-state index contributed by atoms with van der Waals surface area (Å²) in [7, 11) is 0. The number of aromatic nitrogens is 1. The summed E-state index contributed by atoms with van der Waals surface area (Å²) >= 11 is 0. The number of pyridine rings is 1. The van der Waals surface area contributed by atoms with Crippen LogP contribution in [0.15, 0.2) is 36.5 Å². The molecule has 1 saturated carbocycles. The quantitative estimate of drug-likeness (QED) is 0.897. The van der Waals surface area contributed by atoms with Gasteiger partial charge in [-0.2, -0.15) is 0 Å². The largest absolute Gasteiger partial charge is 0.328 e. The van der Waals surface area contributed by atoms with Gasteiger partial charge in [0.15, 0.2) is 0 Å². The minimum atomic E-state index is 0.440. The summed E-state index contributed by atoms with van der Waals surface area (Å²) in [6, 6.07) is 10.9. The van der Waals surface area contributed by atoms with Crippen LogP contribution in [0.1, 0.15) is 31.2 Å². The Kier molecular flexibility index (Phi) is 4.28. The van der Waals surface area contributed by atoms with E-state index in [0.717, 1.165) is 24.5 Å². The molecule has 3 rings (SSSR count). The average molecular weight is 269 g/mol. The molecule has 0 spiro atoms. The van der Waals surface area contributed by atoms with E-state index in [0.29, 0.717) is 6.04 Å². The van der Waals surface area contributed by atoms with Crippen molar-refractivity contribution in [2.45, 2.75) is 38.3 Å². The van der Waals surface area contributed by atoms with Gasteiger partial charge in [-0.3, -0.25) is 4.98 Å². The zero-order valence-corrected chi connectivity index (χ0v) is 11.9. The van der Waals surface area contributed by atoms with Crippen LogP contribution in [0.5, 0.6) is 0 Å². The van der Waals surface area contributed by atoms with Crippen LogP contribution >= 0.6 is 0 Å². The predicted molar refractivity (Wildman–Crippen MR) is 83.4 cm³/mol. The van der Waals surface area contributed by atoms with Gasteiger partial charge in [0.2, 0.25) is 0 Å². The van der Waals surface area contributed by atoms with E-state index in [1.807, 2.05) is 12.3 Å². The lowest BCUT2D eigenvalue weighted by atomic mass is 9.86. The molecule has 0 atom stereocenters. The third kappa shape index (κ3) is 3.17. The Morgan fingerprint density at radius 1 is 1.10 bits per heavy atom. The Balaban J connectivity index is 1.57. The van der Waals surface area contributed by atoms with Gasteiger partial charge in [-0.05, 0) is 55.8 Å². The fraction of sp³-hybridized carbons (Fsp3) is 0.471. The highest BCUT2D eigenvalue weighted by molar-refractivity contribution is 5.81. The molecule has 3 heteroatoms. The first kappa shape index (κ1) is 13.5. The second kappa shape index (κ2) is 6.33. The van der Waals surface area contributed by atoms with Crippen LogP contribution in [0.25, 0.3) is 10.9 Å². The first-order valence-corrected chi connectivity index (χ1v) is 7.62. The topological polar surface area (TPSA) is 50.9 Å². The lowest BCUT2D eigenvalue weighted by Crippen LogP contribution is -2.31. The second-order valence-electron chi connectivity index (χ2n) is 5.90. The molecule has 0 saturated heterocycles. The number of nitrogens with one attached hydrogen (secondary N) is 1. The Morgan fingerprint density at radius 2 is 1.90 bits per heavy atom. The lowest BCUT2D eigenvalue weighted by Gasteiger charge is -2.26. The molecule has 20 heavy (non-hydrogen) atoms. The minimum absolute atomic E-state index is 0.440. The fourth-order valence-corrected chi connectivity index (χ4v) is 3.11. The number of rotatable bonds is 4. The highest BCUT2D eigenvalue weighted by atomic mass is 14.9. The third-order valence-corrected chi connectivity index (χ3v) is 4.38. The molecule has 1 aliphatic rings. The summed E-state index contributed by atoms with van der Waals surface area (Å²) in [6.45, 7) is 2.02.